The molecule has 4 aromatic rings. The number of benzene rings is 1. The molecule has 1 aliphatic heterocycles. The van der Waals surface area contributed by atoms with E-state index in [-0.39, 0.29) is 24.2 Å². The van der Waals surface area contributed by atoms with Crippen molar-refractivity contribution in [3.63, 3.8) is 0 Å². The molecule has 2 atom stereocenters. The lowest BCUT2D eigenvalue weighted by Gasteiger charge is -2.28. The van der Waals surface area contributed by atoms with Crippen LogP contribution in [0.1, 0.15) is 47.6 Å². The van der Waals surface area contributed by atoms with E-state index in [0.717, 1.165) is 17.3 Å². The van der Waals surface area contributed by atoms with Crippen LogP contribution in [-0.4, -0.2) is 48.0 Å². The summed E-state index contributed by atoms with van der Waals surface area (Å²) in [6.07, 6.45) is 4.70. The lowest BCUT2D eigenvalue weighted by atomic mass is 9.92. The van der Waals surface area contributed by atoms with Crippen LogP contribution in [0.5, 0.6) is 0 Å². The highest BCUT2D eigenvalue weighted by molar-refractivity contribution is 5.87. The van der Waals surface area contributed by atoms with E-state index >= 15 is 0 Å². The summed E-state index contributed by atoms with van der Waals surface area (Å²) in [6, 6.07) is 3.41. The number of aliphatic hydroxyl groups excluding tert-OH is 1. The molecule has 34 heavy (non-hydrogen) atoms. The highest BCUT2D eigenvalue weighted by Crippen LogP contribution is 2.38. The average molecular weight is 466 g/mol. The van der Waals surface area contributed by atoms with Crippen molar-refractivity contribution in [3.8, 4) is 11.3 Å². The average Bonchev–Trinajstić information content (AvgIpc) is 3.29. The Bertz CT molecular complexity index is 1360. The van der Waals surface area contributed by atoms with Crippen LogP contribution in [0.2, 0.25) is 0 Å². The zero-order valence-electron chi connectivity index (χ0n) is 18.9. The predicted molar refractivity (Wildman–Crippen MR) is 120 cm³/mol. The van der Waals surface area contributed by atoms with E-state index in [1.165, 1.54) is 12.1 Å². The first kappa shape index (κ1) is 22.4. The quantitative estimate of drug-likeness (QED) is 0.478. The van der Waals surface area contributed by atoms with Crippen LogP contribution in [0.15, 0.2) is 30.6 Å². The standard InChI is InChI=1S/C24H24F2N6O2/c1-13-14(2)29-24-22(28-13)21(18-4-3-17(25)10-19(18)26)30-23(31-24)15-5-8-34-20(9-15)16-11-27-32(12-16)6-7-33/h3-4,10-12,15,20,33H,5-9H2,1-2H3/t15-,20+/m1/s1. The zero-order chi connectivity index (χ0) is 23.8. The Morgan fingerprint density at radius 2 is 1.94 bits per heavy atom. The molecule has 176 valence electrons. The first-order valence-corrected chi connectivity index (χ1v) is 11.2. The molecule has 0 bridgehead atoms. The number of hydrogen-bond acceptors (Lipinski definition) is 7. The zero-order valence-corrected chi connectivity index (χ0v) is 18.9. The Labute approximate surface area is 194 Å². The Morgan fingerprint density at radius 1 is 1.12 bits per heavy atom. The van der Waals surface area contributed by atoms with E-state index in [1.54, 1.807) is 10.9 Å². The molecule has 1 saturated heterocycles. The van der Waals surface area contributed by atoms with Crippen LogP contribution in [0, 0.1) is 25.5 Å². The smallest absolute Gasteiger partial charge is 0.182 e. The van der Waals surface area contributed by atoms with Crippen molar-refractivity contribution in [1.82, 2.24) is 29.7 Å². The molecule has 1 aliphatic rings. The summed E-state index contributed by atoms with van der Waals surface area (Å²) in [5.74, 6) is -0.908. The minimum absolute atomic E-state index is 0.00282. The maximum atomic E-state index is 14.8. The molecule has 0 aliphatic carbocycles. The van der Waals surface area contributed by atoms with Gasteiger partial charge in [0.25, 0.3) is 0 Å². The van der Waals surface area contributed by atoms with Crippen molar-refractivity contribution in [1.29, 1.82) is 0 Å². The first-order chi connectivity index (χ1) is 16.4. The van der Waals surface area contributed by atoms with Crippen LogP contribution in [-0.2, 0) is 11.3 Å². The van der Waals surface area contributed by atoms with Crippen molar-refractivity contribution >= 4 is 11.2 Å². The second kappa shape index (κ2) is 9.11. The number of hydrogen-bond donors (Lipinski definition) is 1. The Kier molecular flexibility index (Phi) is 6.01. The van der Waals surface area contributed by atoms with Gasteiger partial charge in [0, 0.05) is 35.9 Å². The lowest BCUT2D eigenvalue weighted by Crippen LogP contribution is -2.20. The summed E-state index contributed by atoms with van der Waals surface area (Å²) in [6.45, 7) is 4.58. The molecule has 0 saturated carbocycles. The van der Waals surface area contributed by atoms with E-state index < -0.39 is 11.6 Å². The maximum absolute atomic E-state index is 14.8. The Morgan fingerprint density at radius 3 is 2.74 bits per heavy atom. The van der Waals surface area contributed by atoms with Crippen molar-refractivity contribution in [3.05, 3.63) is 65.0 Å². The summed E-state index contributed by atoms with van der Waals surface area (Å²) in [7, 11) is 0. The molecule has 5 rings (SSSR count). The molecule has 8 nitrogen and oxygen atoms in total. The van der Waals surface area contributed by atoms with Gasteiger partial charge in [0.15, 0.2) is 5.65 Å². The molecule has 4 heterocycles. The third kappa shape index (κ3) is 4.26. The Balaban J connectivity index is 1.57. The maximum Gasteiger partial charge on any atom is 0.182 e. The van der Waals surface area contributed by atoms with Crippen molar-refractivity contribution in [2.75, 3.05) is 13.2 Å². The fraction of sp³-hybridized carbons (Fsp3) is 0.375. The molecule has 10 heteroatoms. The monoisotopic (exact) mass is 466 g/mol. The fourth-order valence-corrected chi connectivity index (χ4v) is 4.22. The van der Waals surface area contributed by atoms with Gasteiger partial charge >= 0.3 is 0 Å². The number of ether oxygens (including phenoxy) is 1. The SMILES string of the molecule is Cc1nc2nc([C@@H]3CCO[C@H](c4cnn(CCO)c4)C3)nc(-c3ccc(F)cc3F)c2nc1C. The minimum Gasteiger partial charge on any atom is -0.394 e. The summed E-state index contributed by atoms with van der Waals surface area (Å²) in [4.78, 5) is 18.6. The van der Waals surface area contributed by atoms with Crippen molar-refractivity contribution in [2.45, 2.75) is 45.3 Å². The van der Waals surface area contributed by atoms with E-state index in [2.05, 4.69) is 15.1 Å². The first-order valence-electron chi connectivity index (χ1n) is 11.2. The van der Waals surface area contributed by atoms with Gasteiger partial charge in [0.1, 0.15) is 28.7 Å². The van der Waals surface area contributed by atoms with Crippen LogP contribution in [0.4, 0.5) is 8.78 Å². The second-order valence-electron chi connectivity index (χ2n) is 8.46. The van der Waals surface area contributed by atoms with Crippen LogP contribution >= 0.6 is 0 Å². The largest absolute Gasteiger partial charge is 0.394 e. The van der Waals surface area contributed by atoms with Gasteiger partial charge in [-0.2, -0.15) is 5.10 Å². The van der Waals surface area contributed by atoms with Gasteiger partial charge in [-0.3, -0.25) is 4.68 Å². The number of rotatable bonds is 5. The third-order valence-electron chi connectivity index (χ3n) is 6.15. The number of fused-ring (bicyclic) bond motifs is 1. The van der Waals surface area contributed by atoms with E-state index in [4.69, 9.17) is 19.8 Å². The number of aliphatic hydroxyl groups is 1. The molecule has 1 aromatic carbocycles. The van der Waals surface area contributed by atoms with Crippen molar-refractivity contribution < 1.29 is 18.6 Å². The van der Waals surface area contributed by atoms with E-state index in [9.17, 15) is 8.78 Å². The molecule has 3 aromatic heterocycles. The summed E-state index contributed by atoms with van der Waals surface area (Å²) < 4.78 is 36.0. The normalized spacial score (nSPS) is 18.5. The van der Waals surface area contributed by atoms with Crippen molar-refractivity contribution in [2.24, 2.45) is 0 Å². The van der Waals surface area contributed by atoms with E-state index in [0.29, 0.717) is 54.4 Å². The van der Waals surface area contributed by atoms with Gasteiger partial charge in [-0.15, -0.1) is 0 Å². The molecule has 1 fully saturated rings. The lowest BCUT2D eigenvalue weighted by molar-refractivity contribution is 0.00395. The number of aromatic nitrogens is 6. The van der Waals surface area contributed by atoms with Gasteiger partial charge in [0.05, 0.1) is 36.8 Å². The van der Waals surface area contributed by atoms with Gasteiger partial charge in [-0.25, -0.2) is 28.7 Å². The topological polar surface area (TPSA) is 98.8 Å². The van der Waals surface area contributed by atoms with E-state index in [1.807, 2.05) is 20.0 Å². The van der Waals surface area contributed by atoms with Gasteiger partial charge < -0.3 is 9.84 Å². The van der Waals surface area contributed by atoms with Crippen LogP contribution < -0.4 is 0 Å². The van der Waals surface area contributed by atoms with Gasteiger partial charge in [-0.05, 0) is 38.8 Å². The molecular weight excluding hydrogens is 442 g/mol. The third-order valence-corrected chi connectivity index (χ3v) is 6.15. The fourth-order valence-electron chi connectivity index (χ4n) is 4.22. The summed E-state index contributed by atoms with van der Waals surface area (Å²) >= 11 is 0. The van der Waals surface area contributed by atoms with Gasteiger partial charge in [0.2, 0.25) is 0 Å². The van der Waals surface area contributed by atoms with Gasteiger partial charge in [-0.1, -0.05) is 0 Å². The number of nitrogens with zero attached hydrogens (tertiary/aromatic N) is 6. The minimum atomic E-state index is -0.716. The molecular formula is C24H24F2N6O2. The highest BCUT2D eigenvalue weighted by atomic mass is 19.1. The Hall–Kier alpha value is -3.37. The number of aryl methyl sites for hydroxylation is 2. The summed E-state index contributed by atoms with van der Waals surface area (Å²) in [5, 5.41) is 13.4. The second-order valence-corrected chi connectivity index (χ2v) is 8.46. The molecule has 0 spiro atoms. The molecule has 1 N–H and O–H groups in total. The highest BCUT2D eigenvalue weighted by Gasteiger charge is 2.29. The molecule has 0 amide bonds. The van der Waals surface area contributed by atoms with Crippen LogP contribution in [0.25, 0.3) is 22.4 Å². The predicted octanol–water partition coefficient (Wildman–Crippen LogP) is 3.81. The molecule has 0 radical (unpaired) electrons. The summed E-state index contributed by atoms with van der Waals surface area (Å²) in [5.41, 5.74) is 3.54. The number of halogens is 2. The van der Waals surface area contributed by atoms with Crippen LogP contribution in [0.3, 0.4) is 0 Å². The molecule has 0 unspecified atom stereocenters.